The molecule has 122 valence electrons. The number of para-hydroxylation sites is 1. The molecule has 1 aliphatic heterocycles. The number of anilines is 3. The van der Waals surface area contributed by atoms with Gasteiger partial charge in [-0.2, -0.15) is 5.01 Å². The Bertz CT molecular complexity index is 978. The quantitative estimate of drug-likeness (QED) is 0.714. The highest BCUT2D eigenvalue weighted by Gasteiger charge is 2.24. The SMILES string of the molecule is O=C1C=CC(=O)N1Nc1ccc(Nc2ccccc2)c2ccccc12. The molecule has 4 rings (SSSR count). The standard InChI is InChI=1S/C20H15N3O2/c24-19-12-13-20(25)23(19)22-18-11-10-17(15-8-4-5-9-16(15)18)21-14-6-2-1-3-7-14/h1-13,21-22H. The summed E-state index contributed by atoms with van der Waals surface area (Å²) in [5.74, 6) is -0.749. The van der Waals surface area contributed by atoms with Gasteiger partial charge in [0.25, 0.3) is 11.8 Å². The number of rotatable bonds is 4. The lowest BCUT2D eigenvalue weighted by atomic mass is 10.1. The molecule has 0 atom stereocenters. The first-order valence-electron chi connectivity index (χ1n) is 7.89. The largest absolute Gasteiger partial charge is 0.355 e. The van der Waals surface area contributed by atoms with E-state index in [1.165, 1.54) is 12.2 Å². The van der Waals surface area contributed by atoms with Gasteiger partial charge in [-0.15, -0.1) is 0 Å². The monoisotopic (exact) mass is 329 g/mol. The summed E-state index contributed by atoms with van der Waals surface area (Å²) < 4.78 is 0. The van der Waals surface area contributed by atoms with E-state index in [-0.39, 0.29) is 11.8 Å². The number of nitrogens with one attached hydrogen (secondary N) is 2. The maximum absolute atomic E-state index is 11.8. The molecule has 0 aliphatic carbocycles. The van der Waals surface area contributed by atoms with E-state index >= 15 is 0 Å². The minimum atomic E-state index is -0.374. The normalized spacial score (nSPS) is 13.5. The predicted molar refractivity (Wildman–Crippen MR) is 98.3 cm³/mol. The van der Waals surface area contributed by atoms with Crippen LogP contribution < -0.4 is 10.7 Å². The number of fused-ring (bicyclic) bond motifs is 1. The summed E-state index contributed by atoms with van der Waals surface area (Å²) in [4.78, 5) is 23.6. The number of amides is 2. The van der Waals surface area contributed by atoms with E-state index in [0.29, 0.717) is 5.69 Å². The van der Waals surface area contributed by atoms with Crippen LogP contribution in [0.1, 0.15) is 0 Å². The lowest BCUT2D eigenvalue weighted by Gasteiger charge is -2.19. The highest BCUT2D eigenvalue weighted by molar-refractivity contribution is 6.14. The molecule has 3 aromatic carbocycles. The average molecular weight is 329 g/mol. The van der Waals surface area contributed by atoms with Crippen LogP contribution in [0.15, 0.2) is 78.9 Å². The Hall–Kier alpha value is -3.60. The summed E-state index contributed by atoms with van der Waals surface area (Å²) in [6, 6.07) is 21.5. The van der Waals surface area contributed by atoms with Crippen LogP contribution in [-0.2, 0) is 9.59 Å². The maximum atomic E-state index is 11.8. The third-order valence-electron chi connectivity index (χ3n) is 4.02. The van der Waals surface area contributed by atoms with Gasteiger partial charge >= 0.3 is 0 Å². The highest BCUT2D eigenvalue weighted by atomic mass is 16.2. The van der Waals surface area contributed by atoms with Crippen LogP contribution >= 0.6 is 0 Å². The molecule has 0 saturated heterocycles. The molecular weight excluding hydrogens is 314 g/mol. The molecule has 0 bridgehead atoms. The van der Waals surface area contributed by atoms with Gasteiger partial charge in [0, 0.05) is 34.3 Å². The van der Waals surface area contributed by atoms with Crippen molar-refractivity contribution >= 4 is 39.6 Å². The highest BCUT2D eigenvalue weighted by Crippen LogP contribution is 2.32. The van der Waals surface area contributed by atoms with Crippen molar-refractivity contribution in [2.75, 3.05) is 10.7 Å². The number of nitrogens with zero attached hydrogens (tertiary/aromatic N) is 1. The average Bonchev–Trinajstić information content (AvgIpc) is 2.96. The molecule has 0 radical (unpaired) electrons. The van der Waals surface area contributed by atoms with Gasteiger partial charge in [-0.3, -0.25) is 15.0 Å². The van der Waals surface area contributed by atoms with Crippen LogP contribution in [0, 0.1) is 0 Å². The Balaban J connectivity index is 1.72. The van der Waals surface area contributed by atoms with Crippen molar-refractivity contribution in [2.24, 2.45) is 0 Å². The Labute approximate surface area is 144 Å². The van der Waals surface area contributed by atoms with Gasteiger partial charge in [0.15, 0.2) is 0 Å². The van der Waals surface area contributed by atoms with E-state index in [9.17, 15) is 9.59 Å². The minimum Gasteiger partial charge on any atom is -0.355 e. The summed E-state index contributed by atoms with van der Waals surface area (Å²) in [6.45, 7) is 0. The van der Waals surface area contributed by atoms with Gasteiger partial charge in [0.05, 0.1) is 5.69 Å². The molecule has 3 aromatic rings. The van der Waals surface area contributed by atoms with E-state index in [2.05, 4.69) is 10.7 Å². The Morgan fingerprint density at radius 3 is 1.88 bits per heavy atom. The molecule has 25 heavy (non-hydrogen) atoms. The summed E-state index contributed by atoms with van der Waals surface area (Å²) in [5, 5.41) is 6.31. The van der Waals surface area contributed by atoms with Crippen LogP contribution in [0.3, 0.4) is 0 Å². The fraction of sp³-hybridized carbons (Fsp3) is 0. The Morgan fingerprint density at radius 2 is 1.20 bits per heavy atom. The van der Waals surface area contributed by atoms with Crippen LogP contribution in [0.4, 0.5) is 17.1 Å². The number of imide groups is 1. The van der Waals surface area contributed by atoms with Crippen molar-refractivity contribution in [1.82, 2.24) is 5.01 Å². The van der Waals surface area contributed by atoms with Gasteiger partial charge < -0.3 is 5.32 Å². The molecule has 2 amide bonds. The third kappa shape index (κ3) is 2.83. The Morgan fingerprint density at radius 1 is 0.640 bits per heavy atom. The molecule has 5 nitrogen and oxygen atoms in total. The van der Waals surface area contributed by atoms with Crippen LogP contribution in [0.5, 0.6) is 0 Å². The maximum Gasteiger partial charge on any atom is 0.272 e. The number of hydrogen-bond donors (Lipinski definition) is 2. The first-order chi connectivity index (χ1) is 12.2. The van der Waals surface area contributed by atoms with E-state index in [4.69, 9.17) is 0 Å². The molecular formula is C20H15N3O2. The zero-order valence-corrected chi connectivity index (χ0v) is 13.3. The second kappa shape index (κ2) is 6.13. The zero-order chi connectivity index (χ0) is 17.2. The molecule has 0 fully saturated rings. The Kier molecular flexibility index (Phi) is 3.67. The fourth-order valence-corrected chi connectivity index (χ4v) is 2.81. The van der Waals surface area contributed by atoms with E-state index in [1.807, 2.05) is 66.7 Å². The number of benzene rings is 3. The first kappa shape index (κ1) is 15.0. The topological polar surface area (TPSA) is 61.4 Å². The van der Waals surface area contributed by atoms with Gasteiger partial charge in [0.1, 0.15) is 0 Å². The summed E-state index contributed by atoms with van der Waals surface area (Å²) in [5.41, 5.74) is 5.55. The van der Waals surface area contributed by atoms with Crippen molar-refractivity contribution in [2.45, 2.75) is 0 Å². The van der Waals surface area contributed by atoms with Crippen LogP contribution in [0.25, 0.3) is 10.8 Å². The van der Waals surface area contributed by atoms with Gasteiger partial charge in [-0.25, -0.2) is 0 Å². The van der Waals surface area contributed by atoms with Crippen molar-refractivity contribution in [3.8, 4) is 0 Å². The lowest BCUT2D eigenvalue weighted by Crippen LogP contribution is -2.35. The third-order valence-corrected chi connectivity index (χ3v) is 4.02. The first-order valence-corrected chi connectivity index (χ1v) is 7.89. The lowest BCUT2D eigenvalue weighted by molar-refractivity contribution is -0.135. The molecule has 2 N–H and O–H groups in total. The number of hydrazine groups is 1. The number of hydrogen-bond acceptors (Lipinski definition) is 4. The molecule has 0 unspecified atom stereocenters. The van der Waals surface area contributed by atoms with Gasteiger partial charge in [0.2, 0.25) is 0 Å². The zero-order valence-electron chi connectivity index (χ0n) is 13.3. The van der Waals surface area contributed by atoms with Crippen molar-refractivity contribution in [3.63, 3.8) is 0 Å². The second-order valence-corrected chi connectivity index (χ2v) is 5.65. The molecule has 0 spiro atoms. The predicted octanol–water partition coefficient (Wildman–Crippen LogP) is 3.84. The van der Waals surface area contributed by atoms with Crippen molar-refractivity contribution in [3.05, 3.63) is 78.9 Å². The van der Waals surface area contributed by atoms with Crippen molar-refractivity contribution in [1.29, 1.82) is 0 Å². The second-order valence-electron chi connectivity index (χ2n) is 5.65. The summed E-state index contributed by atoms with van der Waals surface area (Å²) in [6.07, 6.45) is 2.51. The fourth-order valence-electron chi connectivity index (χ4n) is 2.81. The summed E-state index contributed by atoms with van der Waals surface area (Å²) in [7, 11) is 0. The van der Waals surface area contributed by atoms with E-state index < -0.39 is 0 Å². The van der Waals surface area contributed by atoms with Crippen LogP contribution in [-0.4, -0.2) is 16.8 Å². The molecule has 5 heteroatoms. The van der Waals surface area contributed by atoms with Gasteiger partial charge in [-0.05, 0) is 24.3 Å². The molecule has 1 heterocycles. The number of carbonyl (C=O) groups is 2. The smallest absolute Gasteiger partial charge is 0.272 e. The van der Waals surface area contributed by atoms with E-state index in [1.54, 1.807) is 0 Å². The molecule has 0 aromatic heterocycles. The van der Waals surface area contributed by atoms with Gasteiger partial charge in [-0.1, -0.05) is 42.5 Å². The minimum absolute atomic E-state index is 0.374. The molecule has 1 aliphatic rings. The number of carbonyl (C=O) groups excluding carboxylic acids is 2. The van der Waals surface area contributed by atoms with Crippen molar-refractivity contribution < 1.29 is 9.59 Å². The molecule has 0 saturated carbocycles. The van der Waals surface area contributed by atoms with Crippen LogP contribution in [0.2, 0.25) is 0 Å². The summed E-state index contributed by atoms with van der Waals surface area (Å²) >= 11 is 0. The van der Waals surface area contributed by atoms with E-state index in [0.717, 1.165) is 27.2 Å².